The van der Waals surface area contributed by atoms with Gasteiger partial charge in [0.15, 0.2) is 0 Å². The number of halogens is 1. The number of hydrogen-bond donors (Lipinski definition) is 1. The summed E-state index contributed by atoms with van der Waals surface area (Å²) in [7, 11) is 0. The Balaban J connectivity index is 0.00000120. The number of nitrogens with one attached hydrogen (secondary N) is 1. The molecule has 1 aliphatic carbocycles. The average Bonchev–Trinajstić information content (AvgIpc) is 3.07. The molecule has 0 amide bonds. The molecule has 0 bridgehead atoms. The van der Waals surface area contributed by atoms with E-state index in [-0.39, 0.29) is 12.4 Å². The summed E-state index contributed by atoms with van der Waals surface area (Å²) in [5, 5.41) is 3.43. The van der Waals surface area contributed by atoms with E-state index in [0.717, 1.165) is 38.8 Å². The molecule has 0 spiro atoms. The van der Waals surface area contributed by atoms with Gasteiger partial charge in [0, 0.05) is 37.9 Å². The Morgan fingerprint density at radius 3 is 3.06 bits per heavy atom. The molecule has 1 aliphatic heterocycles. The summed E-state index contributed by atoms with van der Waals surface area (Å²) in [5.74, 6) is 1.37. The molecule has 4 nitrogen and oxygen atoms in total. The summed E-state index contributed by atoms with van der Waals surface area (Å²) in [6.45, 7) is 6.75. The molecule has 1 fully saturated rings. The Morgan fingerprint density at radius 1 is 1.50 bits per heavy atom. The molecule has 2 heterocycles. The highest BCUT2D eigenvalue weighted by molar-refractivity contribution is 5.85. The first-order valence-corrected chi connectivity index (χ1v) is 6.70. The number of hydrogen-bond acceptors (Lipinski definition) is 3. The maximum absolute atomic E-state index is 5.59. The Morgan fingerprint density at radius 2 is 2.33 bits per heavy atom. The van der Waals surface area contributed by atoms with Crippen molar-refractivity contribution < 1.29 is 4.74 Å². The molecular weight excluding hydrogens is 250 g/mol. The van der Waals surface area contributed by atoms with Crippen molar-refractivity contribution >= 4 is 12.4 Å². The van der Waals surface area contributed by atoms with Crippen LogP contribution in [0.1, 0.15) is 37.1 Å². The van der Waals surface area contributed by atoms with E-state index in [1.807, 2.05) is 6.33 Å². The van der Waals surface area contributed by atoms with Crippen molar-refractivity contribution in [3.8, 4) is 0 Å². The van der Waals surface area contributed by atoms with Crippen LogP contribution in [0.25, 0.3) is 0 Å². The first kappa shape index (κ1) is 13.8. The molecule has 0 saturated heterocycles. The smallest absolute Gasteiger partial charge is 0.0952 e. The van der Waals surface area contributed by atoms with Gasteiger partial charge in [0.1, 0.15) is 0 Å². The van der Waals surface area contributed by atoms with Gasteiger partial charge in [0.2, 0.25) is 0 Å². The zero-order valence-corrected chi connectivity index (χ0v) is 11.7. The molecule has 5 heteroatoms. The van der Waals surface area contributed by atoms with Crippen molar-refractivity contribution in [2.24, 2.45) is 5.92 Å². The second kappa shape index (κ2) is 6.04. The predicted octanol–water partition coefficient (Wildman–Crippen LogP) is 1.94. The molecule has 102 valence electrons. The lowest BCUT2D eigenvalue weighted by atomic mass is 10.0. The Kier molecular flexibility index (Phi) is 4.65. The summed E-state index contributed by atoms with van der Waals surface area (Å²) < 4.78 is 7.97. The van der Waals surface area contributed by atoms with Gasteiger partial charge in [-0.25, -0.2) is 4.98 Å². The maximum atomic E-state index is 5.59. The zero-order chi connectivity index (χ0) is 11.7. The molecule has 1 saturated carbocycles. The summed E-state index contributed by atoms with van der Waals surface area (Å²) >= 11 is 0. The molecule has 1 atom stereocenters. The molecule has 1 aromatic heterocycles. The third-order valence-electron chi connectivity index (χ3n) is 3.70. The molecule has 0 aromatic carbocycles. The summed E-state index contributed by atoms with van der Waals surface area (Å²) in [4.78, 5) is 4.54. The van der Waals surface area contributed by atoms with Crippen molar-refractivity contribution in [2.45, 2.75) is 38.8 Å². The van der Waals surface area contributed by atoms with E-state index < -0.39 is 0 Å². The van der Waals surface area contributed by atoms with Gasteiger partial charge in [-0.1, -0.05) is 0 Å². The number of nitrogens with zero attached hydrogens (tertiary/aromatic N) is 2. The van der Waals surface area contributed by atoms with E-state index in [0.29, 0.717) is 5.92 Å². The van der Waals surface area contributed by atoms with Crippen LogP contribution < -0.4 is 5.32 Å². The Hall–Kier alpha value is -0.580. The second-order valence-corrected chi connectivity index (χ2v) is 5.16. The minimum absolute atomic E-state index is 0. The highest BCUT2D eigenvalue weighted by atomic mass is 35.5. The highest BCUT2D eigenvalue weighted by Crippen LogP contribution is 2.33. The fourth-order valence-corrected chi connectivity index (χ4v) is 2.62. The van der Waals surface area contributed by atoms with E-state index in [2.05, 4.69) is 21.8 Å². The predicted molar refractivity (Wildman–Crippen MR) is 73.1 cm³/mol. The topological polar surface area (TPSA) is 39.1 Å². The third kappa shape index (κ3) is 2.87. The van der Waals surface area contributed by atoms with Crippen LogP contribution >= 0.6 is 12.4 Å². The number of rotatable bonds is 5. The summed E-state index contributed by atoms with van der Waals surface area (Å²) in [6.07, 6.45) is 4.80. The fourth-order valence-electron chi connectivity index (χ4n) is 2.62. The van der Waals surface area contributed by atoms with Gasteiger partial charge in [0.25, 0.3) is 0 Å². The highest BCUT2D eigenvalue weighted by Gasteiger charge is 2.28. The van der Waals surface area contributed by atoms with Gasteiger partial charge >= 0.3 is 0 Å². The van der Waals surface area contributed by atoms with Crippen LogP contribution in [0.5, 0.6) is 0 Å². The molecule has 18 heavy (non-hydrogen) atoms. The number of aromatic nitrogens is 2. The molecule has 2 aliphatic rings. The van der Waals surface area contributed by atoms with Crippen molar-refractivity contribution in [1.82, 2.24) is 14.9 Å². The lowest BCUT2D eigenvalue weighted by Gasteiger charge is -2.25. The summed E-state index contributed by atoms with van der Waals surface area (Å²) in [5.41, 5.74) is 2.64. The van der Waals surface area contributed by atoms with Gasteiger partial charge < -0.3 is 14.6 Å². The quantitative estimate of drug-likeness (QED) is 0.890. The van der Waals surface area contributed by atoms with Crippen LogP contribution in [0.2, 0.25) is 0 Å². The van der Waals surface area contributed by atoms with Gasteiger partial charge in [0.05, 0.1) is 18.6 Å². The lowest BCUT2D eigenvalue weighted by Crippen LogP contribution is -2.32. The van der Waals surface area contributed by atoms with Crippen molar-refractivity contribution in [2.75, 3.05) is 19.8 Å². The van der Waals surface area contributed by atoms with Gasteiger partial charge in [-0.2, -0.15) is 0 Å². The largest absolute Gasteiger partial charge is 0.381 e. The molecule has 1 aromatic rings. The number of fused-ring (bicyclic) bond motifs is 1. The van der Waals surface area contributed by atoms with Gasteiger partial charge in [-0.15, -0.1) is 12.4 Å². The number of imidazole rings is 1. The normalized spacial score (nSPS) is 22.4. The minimum Gasteiger partial charge on any atom is -0.381 e. The zero-order valence-electron chi connectivity index (χ0n) is 10.9. The molecular formula is C13H22ClN3O. The fraction of sp³-hybridized carbons (Fsp3) is 0.769. The van der Waals surface area contributed by atoms with Crippen molar-refractivity contribution in [3.05, 3.63) is 17.7 Å². The van der Waals surface area contributed by atoms with E-state index in [9.17, 15) is 0 Å². The second-order valence-electron chi connectivity index (χ2n) is 5.16. The lowest BCUT2D eigenvalue weighted by molar-refractivity contribution is 0.127. The maximum Gasteiger partial charge on any atom is 0.0952 e. The SMILES string of the molecule is CCOCC1CNCc2ncn(CC3CC3)c21.Cl. The standard InChI is InChI=1S/C13H21N3O.ClH/c1-2-17-8-11-5-14-6-12-13(11)16(9-15-12)7-10-3-4-10;/h9-11,14H,2-8H2,1H3;1H. The van der Waals surface area contributed by atoms with Crippen LogP contribution in [0.4, 0.5) is 0 Å². The van der Waals surface area contributed by atoms with E-state index >= 15 is 0 Å². The Bertz CT molecular complexity index is 390. The van der Waals surface area contributed by atoms with Crippen molar-refractivity contribution in [3.63, 3.8) is 0 Å². The third-order valence-corrected chi connectivity index (χ3v) is 3.70. The van der Waals surface area contributed by atoms with E-state index in [1.54, 1.807) is 0 Å². The van der Waals surface area contributed by atoms with Crippen LogP contribution in [-0.4, -0.2) is 29.3 Å². The van der Waals surface area contributed by atoms with Gasteiger partial charge in [-0.3, -0.25) is 0 Å². The molecule has 1 N–H and O–H groups in total. The molecule has 0 radical (unpaired) electrons. The number of ether oxygens (including phenoxy) is 1. The first-order chi connectivity index (χ1) is 8.38. The van der Waals surface area contributed by atoms with Crippen LogP contribution in [0.3, 0.4) is 0 Å². The monoisotopic (exact) mass is 271 g/mol. The summed E-state index contributed by atoms with van der Waals surface area (Å²) in [6, 6.07) is 0. The van der Waals surface area contributed by atoms with Crippen molar-refractivity contribution in [1.29, 1.82) is 0 Å². The van der Waals surface area contributed by atoms with E-state index in [1.165, 1.54) is 24.2 Å². The van der Waals surface area contributed by atoms with Gasteiger partial charge in [-0.05, 0) is 25.7 Å². The Labute approximate surface area is 115 Å². The van der Waals surface area contributed by atoms with Crippen LogP contribution in [0, 0.1) is 5.92 Å². The minimum atomic E-state index is 0. The molecule has 3 rings (SSSR count). The molecule has 1 unspecified atom stereocenters. The average molecular weight is 272 g/mol. The van der Waals surface area contributed by atoms with Crippen LogP contribution in [0.15, 0.2) is 6.33 Å². The van der Waals surface area contributed by atoms with Crippen LogP contribution in [-0.2, 0) is 17.8 Å². The van der Waals surface area contributed by atoms with E-state index in [4.69, 9.17) is 4.74 Å². The first-order valence-electron chi connectivity index (χ1n) is 6.70.